The minimum atomic E-state index is -0.633. The summed E-state index contributed by atoms with van der Waals surface area (Å²) in [5, 5.41) is 2.34. The van der Waals surface area contributed by atoms with Gasteiger partial charge in [-0.15, -0.1) is 0 Å². The van der Waals surface area contributed by atoms with Crippen LogP contribution >= 0.6 is 24.0 Å². The van der Waals surface area contributed by atoms with Crippen LogP contribution in [0.5, 0.6) is 0 Å². The van der Waals surface area contributed by atoms with Gasteiger partial charge in [0.15, 0.2) is 5.13 Å². The Labute approximate surface area is 102 Å². The standard InChI is InChI=1S/C9H10N2O3S2/c1-3-4-14-9(13)11-8-10-5(2)6(16-8)7(12)15/h3H,1,4H2,2H3,(H,12,15)(H,10,11,13). The Bertz CT molecular complexity index is 428. The highest BCUT2D eigenvalue weighted by molar-refractivity contribution is 7.97. The molecule has 1 rings (SSSR count). The third kappa shape index (κ3) is 3.35. The number of aryl methyl sites for hydroxylation is 1. The predicted octanol–water partition coefficient (Wildman–Crippen LogP) is 2.26. The molecule has 0 saturated heterocycles. The van der Waals surface area contributed by atoms with Gasteiger partial charge in [0.1, 0.15) is 11.5 Å². The Hall–Kier alpha value is -1.34. The number of anilines is 1. The molecule has 1 amide bonds. The fourth-order valence-electron chi connectivity index (χ4n) is 0.906. The maximum Gasteiger partial charge on any atom is 0.413 e. The van der Waals surface area contributed by atoms with E-state index in [0.29, 0.717) is 15.7 Å². The first-order valence-corrected chi connectivity index (χ1v) is 5.56. The average Bonchev–Trinajstić information content (AvgIpc) is 2.56. The van der Waals surface area contributed by atoms with Gasteiger partial charge in [-0.1, -0.05) is 36.6 Å². The van der Waals surface area contributed by atoms with E-state index in [1.165, 1.54) is 6.08 Å². The highest BCUT2D eigenvalue weighted by atomic mass is 32.1. The van der Waals surface area contributed by atoms with Crippen molar-refractivity contribution >= 4 is 40.3 Å². The van der Waals surface area contributed by atoms with Crippen LogP contribution in [0, 0.1) is 6.92 Å². The molecule has 5 nitrogen and oxygen atoms in total. The number of thiazole rings is 1. The molecule has 86 valence electrons. The molecule has 0 aliphatic heterocycles. The third-order valence-electron chi connectivity index (χ3n) is 1.53. The van der Waals surface area contributed by atoms with E-state index in [1.54, 1.807) is 6.92 Å². The van der Waals surface area contributed by atoms with Crippen molar-refractivity contribution in [3.8, 4) is 0 Å². The lowest BCUT2D eigenvalue weighted by Gasteiger charge is -2.00. The quantitative estimate of drug-likeness (QED) is 0.642. The second-order valence-electron chi connectivity index (χ2n) is 2.75. The molecule has 7 heteroatoms. The average molecular weight is 258 g/mol. The second-order valence-corrected chi connectivity index (χ2v) is 4.16. The zero-order chi connectivity index (χ0) is 12.1. The van der Waals surface area contributed by atoms with Gasteiger partial charge in [-0.25, -0.2) is 9.78 Å². The molecule has 1 aromatic heterocycles. The smallest absolute Gasteiger partial charge is 0.413 e. The first-order chi connectivity index (χ1) is 7.54. The maximum absolute atomic E-state index is 11.1. The molecule has 0 spiro atoms. The number of rotatable bonds is 4. The second kappa shape index (κ2) is 5.66. The molecule has 1 aromatic rings. The zero-order valence-corrected chi connectivity index (χ0v) is 10.2. The van der Waals surface area contributed by atoms with E-state index in [0.717, 1.165) is 11.3 Å². The van der Waals surface area contributed by atoms with Crippen molar-refractivity contribution < 1.29 is 14.3 Å². The molecule has 0 aliphatic rings. The highest BCUT2D eigenvalue weighted by Crippen LogP contribution is 2.23. The number of hydrogen-bond acceptors (Lipinski definition) is 5. The molecular formula is C9H10N2O3S2. The molecule has 0 bridgehead atoms. The van der Waals surface area contributed by atoms with Crippen LogP contribution in [0.15, 0.2) is 12.7 Å². The van der Waals surface area contributed by atoms with Crippen molar-refractivity contribution in [2.75, 3.05) is 11.9 Å². The Balaban J connectivity index is 2.68. The SMILES string of the molecule is C=CCOC(=O)Nc1nc(C)c(C(=O)S)s1. The monoisotopic (exact) mass is 258 g/mol. The Morgan fingerprint density at radius 3 is 2.88 bits per heavy atom. The summed E-state index contributed by atoms with van der Waals surface area (Å²) in [5.41, 5.74) is 0.532. The number of nitrogens with one attached hydrogen (secondary N) is 1. The number of thiol groups is 1. The zero-order valence-electron chi connectivity index (χ0n) is 8.52. The molecule has 1 N–H and O–H groups in total. The number of nitrogens with zero attached hydrogens (tertiary/aromatic N) is 1. The van der Waals surface area contributed by atoms with E-state index in [9.17, 15) is 9.59 Å². The lowest BCUT2D eigenvalue weighted by atomic mass is 10.4. The first-order valence-electron chi connectivity index (χ1n) is 4.30. The fraction of sp³-hybridized carbons (Fsp3) is 0.222. The van der Waals surface area contributed by atoms with Gasteiger partial charge in [-0.3, -0.25) is 10.1 Å². The minimum Gasteiger partial charge on any atom is -0.445 e. The van der Waals surface area contributed by atoms with E-state index in [1.807, 2.05) is 0 Å². The van der Waals surface area contributed by atoms with Crippen LogP contribution in [0.3, 0.4) is 0 Å². The Morgan fingerprint density at radius 2 is 2.38 bits per heavy atom. The van der Waals surface area contributed by atoms with Crippen LogP contribution in [0.2, 0.25) is 0 Å². The third-order valence-corrected chi connectivity index (χ3v) is 2.98. The lowest BCUT2D eigenvalue weighted by molar-refractivity contribution is 0.109. The Kier molecular flexibility index (Phi) is 4.51. The topological polar surface area (TPSA) is 68.3 Å². The summed E-state index contributed by atoms with van der Waals surface area (Å²) < 4.78 is 4.70. The van der Waals surface area contributed by atoms with E-state index < -0.39 is 6.09 Å². The van der Waals surface area contributed by atoms with Gasteiger partial charge in [0.2, 0.25) is 5.12 Å². The fourth-order valence-corrected chi connectivity index (χ4v) is 2.00. The van der Waals surface area contributed by atoms with Gasteiger partial charge in [0, 0.05) is 0 Å². The summed E-state index contributed by atoms with van der Waals surface area (Å²) in [5.74, 6) is 0. The van der Waals surface area contributed by atoms with Crippen molar-refractivity contribution in [2.45, 2.75) is 6.92 Å². The number of amides is 1. The van der Waals surface area contributed by atoms with Crippen molar-refractivity contribution in [1.29, 1.82) is 0 Å². The summed E-state index contributed by atoms with van der Waals surface area (Å²) >= 11 is 4.75. The van der Waals surface area contributed by atoms with E-state index in [4.69, 9.17) is 4.74 Å². The van der Waals surface area contributed by atoms with Crippen LogP contribution in [0.4, 0.5) is 9.93 Å². The van der Waals surface area contributed by atoms with Crippen LogP contribution in [-0.2, 0) is 4.74 Å². The van der Waals surface area contributed by atoms with Crippen LogP contribution in [0.25, 0.3) is 0 Å². The van der Waals surface area contributed by atoms with E-state index in [2.05, 4.69) is 29.5 Å². The summed E-state index contributed by atoms with van der Waals surface area (Å²) in [6.07, 6.45) is 0.821. The van der Waals surface area contributed by atoms with Crippen molar-refractivity contribution in [3.05, 3.63) is 23.2 Å². The van der Waals surface area contributed by atoms with Crippen LogP contribution < -0.4 is 5.32 Å². The molecular weight excluding hydrogens is 248 g/mol. The van der Waals surface area contributed by atoms with Gasteiger partial charge in [-0.2, -0.15) is 0 Å². The van der Waals surface area contributed by atoms with Gasteiger partial charge in [0.25, 0.3) is 0 Å². The first kappa shape index (κ1) is 12.7. The molecule has 0 unspecified atom stereocenters. The molecule has 1 heterocycles. The predicted molar refractivity (Wildman–Crippen MR) is 65.3 cm³/mol. The van der Waals surface area contributed by atoms with Gasteiger partial charge >= 0.3 is 6.09 Å². The van der Waals surface area contributed by atoms with Crippen molar-refractivity contribution in [1.82, 2.24) is 4.98 Å². The van der Waals surface area contributed by atoms with Crippen molar-refractivity contribution in [3.63, 3.8) is 0 Å². The number of hydrogen-bond donors (Lipinski definition) is 2. The van der Waals surface area contributed by atoms with Crippen LogP contribution in [0.1, 0.15) is 15.4 Å². The number of carbonyl (C=O) groups is 2. The van der Waals surface area contributed by atoms with Gasteiger partial charge in [-0.05, 0) is 6.92 Å². The number of aromatic nitrogens is 1. The summed E-state index contributed by atoms with van der Waals surface area (Å²) in [6.45, 7) is 5.19. The highest BCUT2D eigenvalue weighted by Gasteiger charge is 2.14. The summed E-state index contributed by atoms with van der Waals surface area (Å²) in [6, 6.07) is 0. The molecule has 0 aromatic carbocycles. The molecule has 0 fully saturated rings. The number of ether oxygens (including phenoxy) is 1. The van der Waals surface area contributed by atoms with E-state index >= 15 is 0 Å². The summed E-state index contributed by atoms with van der Waals surface area (Å²) in [4.78, 5) is 26.6. The molecule has 16 heavy (non-hydrogen) atoms. The van der Waals surface area contributed by atoms with Crippen molar-refractivity contribution in [2.24, 2.45) is 0 Å². The minimum absolute atomic E-state index is 0.120. The maximum atomic E-state index is 11.1. The molecule has 0 aliphatic carbocycles. The molecule has 0 atom stereocenters. The number of carbonyl (C=O) groups excluding carboxylic acids is 2. The Morgan fingerprint density at radius 1 is 1.69 bits per heavy atom. The van der Waals surface area contributed by atoms with Crippen LogP contribution in [-0.4, -0.2) is 22.8 Å². The normalized spacial score (nSPS) is 9.62. The van der Waals surface area contributed by atoms with Gasteiger partial charge in [0.05, 0.1) is 5.69 Å². The molecule has 0 radical (unpaired) electrons. The lowest BCUT2D eigenvalue weighted by Crippen LogP contribution is -2.13. The molecule has 0 saturated carbocycles. The van der Waals surface area contributed by atoms with E-state index in [-0.39, 0.29) is 11.7 Å². The largest absolute Gasteiger partial charge is 0.445 e. The van der Waals surface area contributed by atoms with Gasteiger partial charge < -0.3 is 4.74 Å². The summed E-state index contributed by atoms with van der Waals surface area (Å²) in [7, 11) is 0.